The molecule has 4 heteroatoms. The molecule has 0 bridgehead atoms. The minimum atomic E-state index is -0.351. The van der Waals surface area contributed by atoms with Gasteiger partial charge in [0.15, 0.2) is 0 Å². The highest BCUT2D eigenvalue weighted by Crippen LogP contribution is 2.05. The summed E-state index contributed by atoms with van der Waals surface area (Å²) in [6.07, 6.45) is 0.747. The molecule has 76 valence electrons. The minimum absolute atomic E-state index is 0.138. The van der Waals surface area contributed by atoms with Crippen molar-refractivity contribution in [2.45, 2.75) is 39.2 Å². The van der Waals surface area contributed by atoms with Gasteiger partial charge < -0.3 is 9.47 Å². The van der Waals surface area contributed by atoms with Crippen molar-refractivity contribution in [2.24, 2.45) is 0 Å². The average Bonchev–Trinajstić information content (AvgIpc) is 2.16. The van der Waals surface area contributed by atoms with Crippen molar-refractivity contribution >= 4 is 11.9 Å². The second-order valence-electron chi connectivity index (χ2n) is 2.65. The van der Waals surface area contributed by atoms with Crippen LogP contribution in [0.15, 0.2) is 0 Å². The van der Waals surface area contributed by atoms with E-state index in [-0.39, 0.29) is 24.5 Å². The molecule has 0 heterocycles. The Labute approximate surface area is 78.2 Å². The first kappa shape index (κ1) is 11.9. The molecule has 0 aliphatic carbocycles. The van der Waals surface area contributed by atoms with E-state index in [2.05, 4.69) is 4.74 Å². The predicted octanol–water partition coefficient (Wildman–Crippen LogP) is 1.28. The molecule has 13 heavy (non-hydrogen) atoms. The first-order valence-corrected chi connectivity index (χ1v) is 4.40. The molecule has 0 aliphatic heterocycles. The van der Waals surface area contributed by atoms with E-state index < -0.39 is 0 Å². The first-order valence-electron chi connectivity index (χ1n) is 4.40. The maximum atomic E-state index is 10.9. The lowest BCUT2D eigenvalue weighted by molar-refractivity contribution is -0.153. The molecule has 0 rings (SSSR count). The molecule has 0 aromatic heterocycles. The Bertz CT molecular complexity index is 158. The van der Waals surface area contributed by atoms with E-state index in [1.165, 1.54) is 7.11 Å². The summed E-state index contributed by atoms with van der Waals surface area (Å²) >= 11 is 0. The number of esters is 2. The quantitative estimate of drug-likeness (QED) is 0.610. The summed E-state index contributed by atoms with van der Waals surface area (Å²) in [4.78, 5) is 21.7. The van der Waals surface area contributed by atoms with Crippen LogP contribution in [0.5, 0.6) is 0 Å². The van der Waals surface area contributed by atoms with Gasteiger partial charge in [-0.2, -0.15) is 0 Å². The Kier molecular flexibility index (Phi) is 5.93. The molecule has 0 N–H and O–H groups in total. The van der Waals surface area contributed by atoms with Crippen molar-refractivity contribution < 1.29 is 19.1 Å². The number of methoxy groups -OCH3 is 1. The van der Waals surface area contributed by atoms with E-state index in [0.29, 0.717) is 12.8 Å². The Morgan fingerprint density at radius 2 is 1.85 bits per heavy atom. The topological polar surface area (TPSA) is 52.6 Å². The summed E-state index contributed by atoms with van der Waals surface area (Å²) < 4.78 is 9.45. The van der Waals surface area contributed by atoms with Crippen molar-refractivity contribution in [1.82, 2.24) is 0 Å². The maximum Gasteiger partial charge on any atom is 0.309 e. The van der Waals surface area contributed by atoms with E-state index in [1.54, 1.807) is 6.92 Å². The summed E-state index contributed by atoms with van der Waals surface area (Å²) in [5.74, 6) is -0.633. The zero-order valence-corrected chi connectivity index (χ0v) is 8.33. The predicted molar refractivity (Wildman–Crippen MR) is 47.1 cm³/mol. The SMILES string of the molecule is CCC(=O)O[C@H](CC)CC(=O)OC. The van der Waals surface area contributed by atoms with E-state index in [1.807, 2.05) is 6.92 Å². The Morgan fingerprint density at radius 3 is 2.23 bits per heavy atom. The third-order valence-electron chi connectivity index (χ3n) is 1.66. The molecule has 0 aromatic rings. The Balaban J connectivity index is 3.89. The molecule has 0 fully saturated rings. The van der Waals surface area contributed by atoms with Gasteiger partial charge in [0.25, 0.3) is 0 Å². The van der Waals surface area contributed by atoms with Crippen LogP contribution in [0.3, 0.4) is 0 Å². The summed E-state index contributed by atoms with van der Waals surface area (Å²) in [6, 6.07) is 0. The number of carbonyl (C=O) groups is 2. The third-order valence-corrected chi connectivity index (χ3v) is 1.66. The highest BCUT2D eigenvalue weighted by atomic mass is 16.6. The lowest BCUT2D eigenvalue weighted by atomic mass is 10.2. The number of rotatable bonds is 5. The smallest absolute Gasteiger partial charge is 0.309 e. The van der Waals surface area contributed by atoms with E-state index >= 15 is 0 Å². The highest BCUT2D eigenvalue weighted by molar-refractivity contribution is 5.72. The van der Waals surface area contributed by atoms with Crippen LogP contribution in [0.25, 0.3) is 0 Å². The van der Waals surface area contributed by atoms with Gasteiger partial charge in [-0.25, -0.2) is 0 Å². The summed E-state index contributed by atoms with van der Waals surface area (Å²) in [6.45, 7) is 3.57. The summed E-state index contributed by atoms with van der Waals surface area (Å²) in [5.41, 5.74) is 0. The number of carbonyl (C=O) groups excluding carboxylic acids is 2. The van der Waals surface area contributed by atoms with Crippen molar-refractivity contribution in [3.8, 4) is 0 Å². The second-order valence-corrected chi connectivity index (χ2v) is 2.65. The fourth-order valence-electron chi connectivity index (χ4n) is 0.808. The van der Waals surface area contributed by atoms with Crippen LogP contribution in [-0.2, 0) is 19.1 Å². The van der Waals surface area contributed by atoms with Crippen molar-refractivity contribution in [1.29, 1.82) is 0 Å². The van der Waals surface area contributed by atoms with Crippen molar-refractivity contribution in [3.63, 3.8) is 0 Å². The van der Waals surface area contributed by atoms with Crippen LogP contribution in [0, 0.1) is 0 Å². The Hall–Kier alpha value is -1.06. The van der Waals surface area contributed by atoms with Crippen LogP contribution in [-0.4, -0.2) is 25.2 Å². The fourth-order valence-corrected chi connectivity index (χ4v) is 0.808. The molecule has 0 saturated heterocycles. The average molecular weight is 188 g/mol. The summed E-state index contributed by atoms with van der Waals surface area (Å²) in [7, 11) is 1.32. The fraction of sp³-hybridized carbons (Fsp3) is 0.778. The zero-order chi connectivity index (χ0) is 10.3. The minimum Gasteiger partial charge on any atom is -0.469 e. The van der Waals surface area contributed by atoms with Crippen molar-refractivity contribution in [3.05, 3.63) is 0 Å². The van der Waals surface area contributed by atoms with E-state index in [0.717, 1.165) is 0 Å². The van der Waals surface area contributed by atoms with Gasteiger partial charge in [-0.3, -0.25) is 9.59 Å². The largest absolute Gasteiger partial charge is 0.469 e. The molecule has 0 aromatic carbocycles. The zero-order valence-electron chi connectivity index (χ0n) is 8.33. The van der Waals surface area contributed by atoms with Crippen LogP contribution in [0.2, 0.25) is 0 Å². The molecular formula is C9H16O4. The second kappa shape index (κ2) is 6.46. The van der Waals surface area contributed by atoms with Gasteiger partial charge in [-0.1, -0.05) is 13.8 Å². The molecule has 4 nitrogen and oxygen atoms in total. The number of hydrogen-bond acceptors (Lipinski definition) is 4. The van der Waals surface area contributed by atoms with Gasteiger partial charge in [0.1, 0.15) is 6.10 Å². The summed E-state index contributed by atoms with van der Waals surface area (Å²) in [5, 5.41) is 0. The van der Waals surface area contributed by atoms with Crippen LogP contribution >= 0.6 is 0 Å². The highest BCUT2D eigenvalue weighted by Gasteiger charge is 2.15. The number of ether oxygens (including phenoxy) is 2. The van der Waals surface area contributed by atoms with E-state index in [4.69, 9.17) is 4.74 Å². The molecule has 0 unspecified atom stereocenters. The third kappa shape index (κ3) is 5.22. The molecule has 0 saturated carbocycles. The van der Waals surface area contributed by atoms with Gasteiger partial charge in [0.2, 0.25) is 0 Å². The van der Waals surface area contributed by atoms with Gasteiger partial charge in [-0.05, 0) is 6.42 Å². The van der Waals surface area contributed by atoms with Crippen molar-refractivity contribution in [2.75, 3.05) is 7.11 Å². The lowest BCUT2D eigenvalue weighted by Crippen LogP contribution is -2.21. The van der Waals surface area contributed by atoms with Gasteiger partial charge >= 0.3 is 11.9 Å². The van der Waals surface area contributed by atoms with Crippen LogP contribution < -0.4 is 0 Å². The van der Waals surface area contributed by atoms with Gasteiger partial charge in [-0.15, -0.1) is 0 Å². The van der Waals surface area contributed by atoms with Crippen LogP contribution in [0.4, 0.5) is 0 Å². The standard InChI is InChI=1S/C9H16O4/c1-4-7(6-9(11)12-3)13-8(10)5-2/h7H,4-6H2,1-3H3/t7-/m1/s1. The van der Waals surface area contributed by atoms with Gasteiger partial charge in [0.05, 0.1) is 13.5 Å². The molecule has 1 atom stereocenters. The monoisotopic (exact) mass is 188 g/mol. The van der Waals surface area contributed by atoms with E-state index in [9.17, 15) is 9.59 Å². The lowest BCUT2D eigenvalue weighted by Gasteiger charge is -2.13. The molecule has 0 amide bonds. The Morgan fingerprint density at radius 1 is 1.23 bits per heavy atom. The molecule has 0 aliphatic rings. The first-order chi connectivity index (χ1) is 6.13. The number of hydrogen-bond donors (Lipinski definition) is 0. The normalized spacial score (nSPS) is 11.9. The maximum absolute atomic E-state index is 10.9. The van der Waals surface area contributed by atoms with Gasteiger partial charge in [0, 0.05) is 6.42 Å². The molecular weight excluding hydrogens is 172 g/mol. The van der Waals surface area contributed by atoms with Crippen LogP contribution in [0.1, 0.15) is 33.1 Å². The molecule has 0 radical (unpaired) electrons. The molecule has 0 spiro atoms.